The van der Waals surface area contributed by atoms with E-state index in [9.17, 15) is 4.21 Å². The van der Waals surface area contributed by atoms with Crippen molar-refractivity contribution in [3.05, 3.63) is 54.0 Å². The Kier molecular flexibility index (Phi) is 7.84. The lowest BCUT2D eigenvalue weighted by atomic mass is 9.86. The number of hydrogen-bond acceptors (Lipinski definition) is 6. The Labute approximate surface area is 202 Å². The lowest BCUT2D eigenvalue weighted by molar-refractivity contribution is 0.342. The third-order valence-electron chi connectivity index (χ3n) is 6.78. The van der Waals surface area contributed by atoms with Gasteiger partial charge in [-0.15, -0.1) is 0 Å². The van der Waals surface area contributed by atoms with E-state index >= 15 is 0 Å². The van der Waals surface area contributed by atoms with Crippen molar-refractivity contribution in [2.75, 3.05) is 24.2 Å². The zero-order valence-electron chi connectivity index (χ0n) is 20.1. The molecular formula is C26H34N6OS. The summed E-state index contributed by atoms with van der Waals surface area (Å²) in [6, 6.07) is 12.6. The number of fused-ring (bicyclic) bond motifs is 1. The van der Waals surface area contributed by atoms with Gasteiger partial charge in [0.25, 0.3) is 0 Å². The maximum absolute atomic E-state index is 13.9. The maximum atomic E-state index is 13.9. The zero-order chi connectivity index (χ0) is 24.0. The highest BCUT2D eigenvalue weighted by molar-refractivity contribution is 7.92. The van der Waals surface area contributed by atoms with E-state index in [4.69, 9.17) is 9.62 Å². The molecule has 1 atom stereocenters. The fraction of sp³-hybridized carbons (Fsp3) is 0.500. The highest BCUT2D eigenvalue weighted by atomic mass is 32.2. The average molecular weight is 479 g/mol. The highest BCUT2D eigenvalue weighted by Crippen LogP contribution is 2.32. The van der Waals surface area contributed by atoms with Gasteiger partial charge in [-0.2, -0.15) is 5.26 Å². The molecule has 1 saturated carbocycles. The van der Waals surface area contributed by atoms with Crippen molar-refractivity contribution in [3.8, 4) is 6.07 Å². The molecule has 7 nitrogen and oxygen atoms in total. The van der Waals surface area contributed by atoms with E-state index in [1.807, 2.05) is 36.5 Å². The lowest BCUT2D eigenvalue weighted by Gasteiger charge is -2.35. The normalized spacial score (nSPS) is 19.9. The van der Waals surface area contributed by atoms with Crippen LogP contribution in [0.25, 0.3) is 11.0 Å². The van der Waals surface area contributed by atoms with E-state index in [0.717, 1.165) is 60.1 Å². The molecule has 1 unspecified atom stereocenters. The van der Waals surface area contributed by atoms with E-state index in [0.29, 0.717) is 36.4 Å². The summed E-state index contributed by atoms with van der Waals surface area (Å²) in [5.41, 5.74) is 2.90. The Bertz CT molecular complexity index is 1240. The van der Waals surface area contributed by atoms with Gasteiger partial charge in [-0.3, -0.25) is 0 Å². The number of H-pyrrole nitrogens is 1. The molecule has 0 spiro atoms. The topological polar surface area (TPSA) is 98.0 Å². The van der Waals surface area contributed by atoms with Crippen molar-refractivity contribution in [2.45, 2.75) is 57.2 Å². The van der Waals surface area contributed by atoms with Crippen LogP contribution in [0, 0.1) is 17.2 Å². The van der Waals surface area contributed by atoms with E-state index in [-0.39, 0.29) is 0 Å². The fourth-order valence-electron chi connectivity index (χ4n) is 4.90. The molecule has 1 N–H and O–H groups in total. The van der Waals surface area contributed by atoms with E-state index in [1.165, 1.54) is 0 Å². The molecule has 2 heterocycles. The molecule has 3 aromatic rings. The predicted molar refractivity (Wildman–Crippen MR) is 138 cm³/mol. The fourth-order valence-corrected chi connectivity index (χ4v) is 7.51. The number of aromatic amines is 1. The standard InChI is InChI=1S/C26H34N6OS/c1-3-15-31-34(33,17-21-6-4-20(5-7-21)12-14-27)18-22-8-10-23(11-9-22)32(2)26-24-13-16-28-25(24)29-19-30-26/h4-7,13,16,19,22-23H,3,8-12,15,17-18H2,1-2H3,(H,28,29,30). The van der Waals surface area contributed by atoms with Gasteiger partial charge in [0.05, 0.1) is 33.4 Å². The van der Waals surface area contributed by atoms with Gasteiger partial charge in [-0.25, -0.2) is 18.5 Å². The van der Waals surface area contributed by atoms with Crippen LogP contribution in [0.2, 0.25) is 0 Å². The minimum Gasteiger partial charge on any atom is -0.356 e. The van der Waals surface area contributed by atoms with Crippen LogP contribution in [-0.2, 0) is 21.9 Å². The van der Waals surface area contributed by atoms with Crippen molar-refractivity contribution in [1.82, 2.24) is 15.0 Å². The highest BCUT2D eigenvalue weighted by Gasteiger charge is 2.28. The second kappa shape index (κ2) is 11.0. The van der Waals surface area contributed by atoms with Crippen LogP contribution < -0.4 is 4.90 Å². The van der Waals surface area contributed by atoms with Crippen molar-refractivity contribution in [3.63, 3.8) is 0 Å². The van der Waals surface area contributed by atoms with Gasteiger partial charge in [0.15, 0.2) is 0 Å². The van der Waals surface area contributed by atoms with E-state index < -0.39 is 9.73 Å². The van der Waals surface area contributed by atoms with Gasteiger partial charge in [0.1, 0.15) is 17.8 Å². The second-order valence-electron chi connectivity index (χ2n) is 9.31. The number of aromatic nitrogens is 3. The smallest absolute Gasteiger partial charge is 0.142 e. The van der Waals surface area contributed by atoms with E-state index in [2.05, 4.69) is 39.9 Å². The molecule has 1 fully saturated rings. The van der Waals surface area contributed by atoms with Gasteiger partial charge in [0, 0.05) is 31.6 Å². The predicted octanol–water partition coefficient (Wildman–Crippen LogP) is 5.10. The molecule has 2 aromatic heterocycles. The summed E-state index contributed by atoms with van der Waals surface area (Å²) in [7, 11) is -0.198. The van der Waals surface area contributed by atoms with E-state index in [1.54, 1.807) is 6.33 Å². The molecule has 1 aromatic carbocycles. The quantitative estimate of drug-likeness (QED) is 0.461. The third-order valence-corrected chi connectivity index (χ3v) is 9.21. The minimum absolute atomic E-state index is 0.401. The van der Waals surface area contributed by atoms with Gasteiger partial charge >= 0.3 is 0 Å². The molecule has 4 rings (SSSR count). The average Bonchev–Trinajstić information content (AvgIpc) is 3.33. The largest absolute Gasteiger partial charge is 0.356 e. The Morgan fingerprint density at radius 3 is 2.59 bits per heavy atom. The second-order valence-corrected chi connectivity index (χ2v) is 11.7. The van der Waals surface area contributed by atoms with Crippen molar-refractivity contribution in [2.24, 2.45) is 10.3 Å². The first kappa shape index (κ1) is 24.2. The molecular weight excluding hydrogens is 444 g/mol. The molecule has 1 aliphatic rings. The lowest BCUT2D eigenvalue weighted by Crippen LogP contribution is -2.37. The molecule has 34 heavy (non-hydrogen) atoms. The molecule has 0 radical (unpaired) electrons. The van der Waals surface area contributed by atoms with Gasteiger partial charge in [-0.1, -0.05) is 31.2 Å². The number of hydrogen-bond donors (Lipinski definition) is 1. The summed E-state index contributed by atoms with van der Waals surface area (Å²) < 4.78 is 18.6. The first-order chi connectivity index (χ1) is 16.5. The van der Waals surface area contributed by atoms with Gasteiger partial charge in [-0.05, 0) is 55.2 Å². The Hall–Kier alpha value is -2.92. The van der Waals surface area contributed by atoms with Crippen LogP contribution >= 0.6 is 0 Å². The number of nitriles is 1. The summed E-state index contributed by atoms with van der Waals surface area (Å²) >= 11 is 0. The Morgan fingerprint density at radius 2 is 1.88 bits per heavy atom. The summed E-state index contributed by atoms with van der Waals surface area (Å²) in [5.74, 6) is 2.55. The minimum atomic E-state index is -2.32. The summed E-state index contributed by atoms with van der Waals surface area (Å²) in [5, 5.41) is 9.94. The van der Waals surface area contributed by atoms with Crippen LogP contribution in [0.5, 0.6) is 0 Å². The van der Waals surface area contributed by atoms with Gasteiger partial charge in [0.2, 0.25) is 0 Å². The SMILES string of the molecule is CCCN=S(=O)(Cc1ccc(CC#N)cc1)CC1CCC(N(C)c2ncnc3[nH]ccc23)CC1. The van der Waals surface area contributed by atoms with Crippen LogP contribution in [0.1, 0.15) is 50.2 Å². The van der Waals surface area contributed by atoms with Crippen molar-refractivity contribution in [1.29, 1.82) is 5.26 Å². The molecule has 0 aliphatic heterocycles. The Morgan fingerprint density at radius 1 is 1.15 bits per heavy atom. The van der Waals surface area contributed by atoms with Gasteiger partial charge < -0.3 is 9.88 Å². The summed E-state index contributed by atoms with van der Waals surface area (Å²) in [6.07, 6.45) is 9.05. The van der Waals surface area contributed by atoms with Crippen LogP contribution in [0.15, 0.2) is 47.2 Å². The number of benzene rings is 1. The van der Waals surface area contributed by atoms with Crippen LogP contribution in [0.4, 0.5) is 5.82 Å². The summed E-state index contributed by atoms with van der Waals surface area (Å²) in [6.45, 7) is 2.72. The van der Waals surface area contributed by atoms with Crippen molar-refractivity contribution >= 4 is 26.6 Å². The zero-order valence-corrected chi connectivity index (χ0v) is 20.9. The first-order valence-electron chi connectivity index (χ1n) is 12.2. The Balaban J connectivity index is 1.40. The van der Waals surface area contributed by atoms with Crippen molar-refractivity contribution < 1.29 is 4.21 Å². The summed E-state index contributed by atoms with van der Waals surface area (Å²) in [4.78, 5) is 14.3. The number of nitrogens with one attached hydrogen (secondary N) is 1. The molecule has 1 aliphatic carbocycles. The molecule has 8 heteroatoms. The first-order valence-corrected chi connectivity index (χ1v) is 14.0. The number of anilines is 1. The monoisotopic (exact) mass is 478 g/mol. The molecule has 0 amide bonds. The van der Waals surface area contributed by atoms with Crippen LogP contribution in [-0.4, -0.2) is 44.5 Å². The number of rotatable bonds is 9. The van der Waals surface area contributed by atoms with Crippen LogP contribution in [0.3, 0.4) is 0 Å². The third kappa shape index (κ3) is 5.76. The number of nitrogens with zero attached hydrogens (tertiary/aromatic N) is 5. The molecule has 0 saturated heterocycles. The maximum Gasteiger partial charge on any atom is 0.142 e. The molecule has 0 bridgehead atoms. The molecule has 180 valence electrons.